The molecule has 1 heterocycles. The van der Waals surface area contributed by atoms with E-state index in [4.69, 9.17) is 14.3 Å². The van der Waals surface area contributed by atoms with Crippen molar-refractivity contribution in [2.45, 2.75) is 13.3 Å². The minimum absolute atomic E-state index is 0.101. The number of carboxylic acid groups (broad SMARTS) is 1. The van der Waals surface area contributed by atoms with Crippen LogP contribution in [-0.4, -0.2) is 22.7 Å². The number of ether oxygens (including phenoxy) is 1. The molecule has 0 spiro atoms. The van der Waals surface area contributed by atoms with E-state index >= 15 is 0 Å². The highest BCUT2D eigenvalue weighted by molar-refractivity contribution is 5.85. The fourth-order valence-electron chi connectivity index (χ4n) is 1.42. The number of carbonyl (C=O) groups is 1. The van der Waals surface area contributed by atoms with Crippen molar-refractivity contribution in [3.05, 3.63) is 36.2 Å². The summed E-state index contributed by atoms with van der Waals surface area (Å²) in [5.74, 6) is -0.0482. The average Bonchev–Trinajstić information content (AvgIpc) is 2.87. The van der Waals surface area contributed by atoms with Crippen molar-refractivity contribution in [3.8, 4) is 17.2 Å². The molecule has 5 heteroatoms. The van der Waals surface area contributed by atoms with Gasteiger partial charge < -0.3 is 14.3 Å². The summed E-state index contributed by atoms with van der Waals surface area (Å²) < 4.78 is 10.5. The van der Waals surface area contributed by atoms with Crippen molar-refractivity contribution in [1.29, 1.82) is 0 Å². The van der Waals surface area contributed by atoms with Gasteiger partial charge in [-0.25, -0.2) is 9.78 Å². The van der Waals surface area contributed by atoms with Crippen LogP contribution in [0.3, 0.4) is 0 Å². The molecule has 5 nitrogen and oxygen atoms in total. The van der Waals surface area contributed by atoms with E-state index in [1.807, 2.05) is 6.92 Å². The number of hydrogen-bond donors (Lipinski definition) is 1. The van der Waals surface area contributed by atoms with Crippen molar-refractivity contribution >= 4 is 5.97 Å². The minimum atomic E-state index is -1.10. The van der Waals surface area contributed by atoms with Crippen LogP contribution >= 0.6 is 0 Å². The van der Waals surface area contributed by atoms with E-state index < -0.39 is 5.97 Å². The van der Waals surface area contributed by atoms with Gasteiger partial charge in [0.15, 0.2) is 5.69 Å². The van der Waals surface area contributed by atoms with Gasteiger partial charge in [-0.05, 0) is 30.7 Å². The molecule has 0 saturated carbocycles. The molecule has 0 fully saturated rings. The van der Waals surface area contributed by atoms with Crippen LogP contribution in [-0.2, 0) is 0 Å². The Hall–Kier alpha value is -2.30. The van der Waals surface area contributed by atoms with Gasteiger partial charge in [0, 0.05) is 5.56 Å². The van der Waals surface area contributed by atoms with Crippen molar-refractivity contribution in [1.82, 2.24) is 4.98 Å². The Bertz CT molecular complexity index is 530. The van der Waals surface area contributed by atoms with E-state index in [0.717, 1.165) is 18.4 Å². The molecule has 0 aliphatic rings. The quantitative estimate of drug-likeness (QED) is 0.879. The SMILES string of the molecule is CCCOc1ccc(-c2nc(C(=O)O)co2)cc1. The van der Waals surface area contributed by atoms with Gasteiger partial charge >= 0.3 is 5.97 Å². The first kappa shape index (κ1) is 12.2. The first-order chi connectivity index (χ1) is 8.70. The van der Waals surface area contributed by atoms with Gasteiger partial charge in [-0.1, -0.05) is 6.92 Å². The van der Waals surface area contributed by atoms with Crippen LogP contribution in [0.2, 0.25) is 0 Å². The molecule has 0 saturated heterocycles. The standard InChI is InChI=1S/C13H13NO4/c1-2-7-17-10-5-3-9(4-6-10)12-14-11(8-18-12)13(15)16/h3-6,8H,2,7H2,1H3,(H,15,16). The second kappa shape index (κ2) is 5.35. The normalized spacial score (nSPS) is 10.3. The number of aromatic nitrogens is 1. The van der Waals surface area contributed by atoms with Gasteiger partial charge in [-0.2, -0.15) is 0 Å². The van der Waals surface area contributed by atoms with Crippen LogP contribution in [0.4, 0.5) is 0 Å². The van der Waals surface area contributed by atoms with E-state index in [2.05, 4.69) is 4.98 Å². The molecule has 94 valence electrons. The zero-order chi connectivity index (χ0) is 13.0. The molecule has 18 heavy (non-hydrogen) atoms. The van der Waals surface area contributed by atoms with E-state index in [1.165, 1.54) is 0 Å². The summed E-state index contributed by atoms with van der Waals surface area (Å²) in [4.78, 5) is 14.5. The fourth-order valence-corrected chi connectivity index (χ4v) is 1.42. The molecular formula is C13H13NO4. The number of benzene rings is 1. The predicted molar refractivity (Wildman–Crippen MR) is 64.7 cm³/mol. The first-order valence-electron chi connectivity index (χ1n) is 5.62. The predicted octanol–water partition coefficient (Wildman–Crippen LogP) is 2.83. The van der Waals surface area contributed by atoms with Crippen LogP contribution in [0.1, 0.15) is 23.8 Å². The minimum Gasteiger partial charge on any atom is -0.494 e. The van der Waals surface area contributed by atoms with Crippen LogP contribution < -0.4 is 4.74 Å². The van der Waals surface area contributed by atoms with Crippen LogP contribution in [0.5, 0.6) is 5.75 Å². The molecule has 0 unspecified atom stereocenters. The summed E-state index contributed by atoms with van der Waals surface area (Å²) in [7, 11) is 0. The Kier molecular flexibility index (Phi) is 3.62. The highest BCUT2D eigenvalue weighted by Gasteiger charge is 2.11. The zero-order valence-electron chi connectivity index (χ0n) is 9.92. The topological polar surface area (TPSA) is 72.6 Å². The maximum atomic E-state index is 10.7. The Morgan fingerprint density at radius 2 is 2.11 bits per heavy atom. The van der Waals surface area contributed by atoms with Gasteiger partial charge in [0.1, 0.15) is 12.0 Å². The number of rotatable bonds is 5. The van der Waals surface area contributed by atoms with E-state index in [0.29, 0.717) is 12.2 Å². The summed E-state index contributed by atoms with van der Waals surface area (Å²) in [5.41, 5.74) is 0.614. The van der Waals surface area contributed by atoms with Gasteiger partial charge in [0.25, 0.3) is 0 Å². The third kappa shape index (κ3) is 2.68. The summed E-state index contributed by atoms with van der Waals surface area (Å²) >= 11 is 0. The molecule has 1 N–H and O–H groups in total. The molecule has 1 aromatic carbocycles. The lowest BCUT2D eigenvalue weighted by Crippen LogP contribution is -1.96. The third-order valence-corrected chi connectivity index (χ3v) is 2.30. The van der Waals surface area contributed by atoms with Gasteiger partial charge in [0.2, 0.25) is 5.89 Å². The summed E-state index contributed by atoms with van der Waals surface area (Å²) in [6.45, 7) is 2.70. The van der Waals surface area contributed by atoms with Crippen LogP contribution in [0, 0.1) is 0 Å². The molecule has 0 aliphatic heterocycles. The molecule has 0 amide bonds. The maximum absolute atomic E-state index is 10.7. The molecule has 2 aromatic rings. The van der Waals surface area contributed by atoms with Gasteiger partial charge in [-0.15, -0.1) is 0 Å². The Morgan fingerprint density at radius 1 is 1.39 bits per heavy atom. The van der Waals surface area contributed by atoms with Crippen molar-refractivity contribution in [3.63, 3.8) is 0 Å². The van der Waals surface area contributed by atoms with E-state index in [-0.39, 0.29) is 11.6 Å². The maximum Gasteiger partial charge on any atom is 0.357 e. The number of hydrogen-bond acceptors (Lipinski definition) is 4. The third-order valence-electron chi connectivity index (χ3n) is 2.30. The highest BCUT2D eigenvalue weighted by Crippen LogP contribution is 2.22. The lowest BCUT2D eigenvalue weighted by molar-refractivity contribution is 0.0690. The Morgan fingerprint density at radius 3 is 2.67 bits per heavy atom. The molecule has 0 radical (unpaired) electrons. The molecule has 0 aliphatic carbocycles. The van der Waals surface area contributed by atoms with Crippen molar-refractivity contribution in [2.75, 3.05) is 6.61 Å². The second-order valence-electron chi connectivity index (χ2n) is 3.72. The van der Waals surface area contributed by atoms with Crippen LogP contribution in [0.15, 0.2) is 34.9 Å². The lowest BCUT2D eigenvalue weighted by Gasteiger charge is -2.04. The number of carboxylic acids is 1. The molecular weight excluding hydrogens is 234 g/mol. The monoisotopic (exact) mass is 247 g/mol. The van der Waals surface area contributed by atoms with Gasteiger partial charge in [0.05, 0.1) is 6.61 Å². The molecule has 1 aromatic heterocycles. The smallest absolute Gasteiger partial charge is 0.357 e. The molecule has 0 bridgehead atoms. The number of oxazole rings is 1. The Balaban J connectivity index is 2.15. The van der Waals surface area contributed by atoms with E-state index in [9.17, 15) is 4.79 Å². The number of aromatic carboxylic acids is 1. The molecule has 2 rings (SSSR count). The zero-order valence-corrected chi connectivity index (χ0v) is 9.92. The van der Waals surface area contributed by atoms with Gasteiger partial charge in [-0.3, -0.25) is 0 Å². The fraction of sp³-hybridized carbons (Fsp3) is 0.231. The second-order valence-corrected chi connectivity index (χ2v) is 3.72. The number of nitrogens with zero attached hydrogens (tertiary/aromatic N) is 1. The van der Waals surface area contributed by atoms with Crippen molar-refractivity contribution in [2.24, 2.45) is 0 Å². The van der Waals surface area contributed by atoms with Crippen LogP contribution in [0.25, 0.3) is 11.5 Å². The molecule has 0 atom stereocenters. The summed E-state index contributed by atoms with van der Waals surface area (Å²) in [5, 5.41) is 8.74. The average molecular weight is 247 g/mol. The Labute approximate surface area is 104 Å². The lowest BCUT2D eigenvalue weighted by atomic mass is 10.2. The summed E-state index contributed by atoms with van der Waals surface area (Å²) in [6, 6.07) is 7.16. The van der Waals surface area contributed by atoms with Crippen molar-refractivity contribution < 1.29 is 19.1 Å². The largest absolute Gasteiger partial charge is 0.494 e. The summed E-state index contributed by atoms with van der Waals surface area (Å²) in [6.07, 6.45) is 2.07. The van der Waals surface area contributed by atoms with E-state index in [1.54, 1.807) is 24.3 Å². The highest BCUT2D eigenvalue weighted by atomic mass is 16.5. The first-order valence-corrected chi connectivity index (χ1v) is 5.62.